The lowest BCUT2D eigenvalue weighted by Gasteiger charge is -2.26. The number of nitrogens with two attached hydrogens (primary N) is 2. The molecule has 0 atom stereocenters. The average Bonchev–Trinajstić information content (AvgIpc) is 3.30. The van der Waals surface area contributed by atoms with E-state index in [1.165, 1.54) is 6.33 Å². The number of hydrogen-bond acceptors (Lipinski definition) is 7. The number of carbonyl (C=O) groups is 2. The number of carbonyl (C=O) groups excluding carboxylic acids is 1. The number of aliphatic carboxylic acids is 1. The maximum Gasteiger partial charge on any atom is 0.490 e. The van der Waals surface area contributed by atoms with Gasteiger partial charge < -0.3 is 21.9 Å². The first-order valence-electron chi connectivity index (χ1n) is 12.2. The van der Waals surface area contributed by atoms with Gasteiger partial charge in [0, 0.05) is 17.7 Å². The molecule has 2 aromatic carbocycles. The Kier molecular flexibility index (Phi) is 9.10. The zero-order valence-electron chi connectivity index (χ0n) is 22.2. The number of hydrogen-bond donors (Lipinski definition) is 4. The van der Waals surface area contributed by atoms with Gasteiger partial charge in [0.2, 0.25) is 0 Å². The third-order valence-electron chi connectivity index (χ3n) is 5.97. The molecule has 40 heavy (non-hydrogen) atoms. The number of benzene rings is 2. The third-order valence-corrected chi connectivity index (χ3v) is 5.97. The van der Waals surface area contributed by atoms with Crippen LogP contribution in [0.1, 0.15) is 35.3 Å². The van der Waals surface area contributed by atoms with Crippen LogP contribution in [0.3, 0.4) is 0 Å². The smallest absolute Gasteiger partial charge is 0.475 e. The normalized spacial score (nSPS) is 11.6. The fraction of sp³-hybridized carbons (Fsp3) is 0.296. The second-order valence-electron chi connectivity index (χ2n) is 9.62. The highest BCUT2D eigenvalue weighted by molar-refractivity contribution is 5.98. The number of amides is 1. The second-order valence-corrected chi connectivity index (χ2v) is 9.62. The number of alkyl halides is 3. The topological polar surface area (TPSA) is 162 Å². The van der Waals surface area contributed by atoms with E-state index in [1.54, 1.807) is 0 Å². The molecule has 1 amide bonds. The highest BCUT2D eigenvalue weighted by Gasteiger charge is 2.38. The molecule has 0 aliphatic carbocycles. The molecular weight excluding hydrogens is 527 g/mol. The molecule has 13 heteroatoms. The van der Waals surface area contributed by atoms with Gasteiger partial charge in [0.25, 0.3) is 5.91 Å². The zero-order valence-corrected chi connectivity index (χ0v) is 22.2. The number of nitrogens with zero attached hydrogens (tertiary/aromatic N) is 4. The van der Waals surface area contributed by atoms with Crippen molar-refractivity contribution in [2.24, 2.45) is 5.73 Å². The lowest BCUT2D eigenvalue weighted by Crippen LogP contribution is -2.41. The minimum Gasteiger partial charge on any atom is -0.475 e. The van der Waals surface area contributed by atoms with E-state index >= 15 is 0 Å². The van der Waals surface area contributed by atoms with Crippen molar-refractivity contribution in [2.75, 3.05) is 18.8 Å². The molecule has 4 rings (SSSR count). The Morgan fingerprint density at radius 2 is 1.62 bits per heavy atom. The van der Waals surface area contributed by atoms with Crippen LogP contribution in [0.15, 0.2) is 54.9 Å². The van der Waals surface area contributed by atoms with Crippen molar-refractivity contribution < 1.29 is 27.9 Å². The van der Waals surface area contributed by atoms with E-state index in [9.17, 15) is 18.0 Å². The number of halogens is 3. The number of nitrogen functional groups attached to an aromatic ring is 1. The van der Waals surface area contributed by atoms with E-state index in [4.69, 9.17) is 26.5 Å². The summed E-state index contributed by atoms with van der Waals surface area (Å²) < 4.78 is 33.6. The monoisotopic (exact) mass is 557 g/mol. The summed E-state index contributed by atoms with van der Waals surface area (Å²) in [5, 5.41) is 15.7. The average molecular weight is 558 g/mol. The molecule has 0 fully saturated rings. The summed E-state index contributed by atoms with van der Waals surface area (Å²) in [6.45, 7) is 6.97. The zero-order chi connectivity index (χ0) is 29.7. The van der Waals surface area contributed by atoms with Gasteiger partial charge in [-0.3, -0.25) is 4.79 Å². The first-order valence-corrected chi connectivity index (χ1v) is 12.2. The van der Waals surface area contributed by atoms with Crippen LogP contribution >= 0.6 is 0 Å². The molecule has 2 aromatic heterocycles. The van der Waals surface area contributed by atoms with Gasteiger partial charge in [0.1, 0.15) is 17.8 Å². The SMILES string of the molecule is Cc1ccc(-c2nn(C(C)(C)CNC(=O)c3ccc(CCN)cc3)c3ncnc(N)c23)cc1.O=C(O)C(F)(F)F. The van der Waals surface area contributed by atoms with Crippen LogP contribution in [0.5, 0.6) is 0 Å². The molecule has 212 valence electrons. The van der Waals surface area contributed by atoms with E-state index in [0.29, 0.717) is 35.5 Å². The van der Waals surface area contributed by atoms with Crippen LogP contribution in [0.25, 0.3) is 22.3 Å². The summed E-state index contributed by atoms with van der Waals surface area (Å²) in [7, 11) is 0. The van der Waals surface area contributed by atoms with Gasteiger partial charge in [-0.15, -0.1) is 0 Å². The van der Waals surface area contributed by atoms with Crippen LogP contribution in [-0.4, -0.2) is 56.0 Å². The lowest BCUT2D eigenvalue weighted by molar-refractivity contribution is -0.192. The van der Waals surface area contributed by atoms with Crippen molar-refractivity contribution in [3.8, 4) is 11.3 Å². The van der Waals surface area contributed by atoms with Gasteiger partial charge in [0.05, 0.1) is 10.9 Å². The number of anilines is 1. The lowest BCUT2D eigenvalue weighted by atomic mass is 10.0. The van der Waals surface area contributed by atoms with Crippen molar-refractivity contribution in [3.63, 3.8) is 0 Å². The summed E-state index contributed by atoms with van der Waals surface area (Å²) in [4.78, 5) is 30.3. The Labute approximate surface area is 228 Å². The molecule has 10 nitrogen and oxygen atoms in total. The maximum atomic E-state index is 12.8. The minimum absolute atomic E-state index is 0.147. The third kappa shape index (κ3) is 7.11. The van der Waals surface area contributed by atoms with Crippen molar-refractivity contribution in [2.45, 2.75) is 38.9 Å². The summed E-state index contributed by atoms with van der Waals surface area (Å²) in [5.74, 6) is -2.53. The van der Waals surface area contributed by atoms with Crippen molar-refractivity contribution in [1.29, 1.82) is 0 Å². The van der Waals surface area contributed by atoms with Crippen LogP contribution < -0.4 is 16.8 Å². The molecule has 2 heterocycles. The largest absolute Gasteiger partial charge is 0.490 e. The highest BCUT2D eigenvalue weighted by Crippen LogP contribution is 2.33. The first kappa shape index (κ1) is 30.0. The molecule has 0 saturated heterocycles. The number of carboxylic acids is 1. The molecule has 0 aliphatic heterocycles. The Morgan fingerprint density at radius 3 is 2.17 bits per heavy atom. The first-order chi connectivity index (χ1) is 18.7. The van der Waals surface area contributed by atoms with Crippen molar-refractivity contribution in [3.05, 3.63) is 71.5 Å². The van der Waals surface area contributed by atoms with E-state index in [-0.39, 0.29) is 5.91 Å². The Morgan fingerprint density at radius 1 is 1.02 bits per heavy atom. The number of carboxylic acid groups (broad SMARTS) is 1. The number of aromatic nitrogens is 4. The molecule has 0 aliphatic rings. The molecule has 0 saturated carbocycles. The highest BCUT2D eigenvalue weighted by atomic mass is 19.4. The molecule has 4 aromatic rings. The Balaban J connectivity index is 0.000000559. The molecule has 0 radical (unpaired) electrons. The van der Waals surface area contributed by atoms with Crippen LogP contribution in [0, 0.1) is 6.92 Å². The predicted molar refractivity (Wildman–Crippen MR) is 144 cm³/mol. The summed E-state index contributed by atoms with van der Waals surface area (Å²) in [6.07, 6.45) is -2.86. The Bertz CT molecular complexity index is 1480. The quantitative estimate of drug-likeness (QED) is 0.267. The molecule has 0 spiro atoms. The maximum absolute atomic E-state index is 12.8. The second kappa shape index (κ2) is 12.1. The van der Waals surface area contributed by atoms with E-state index in [1.807, 2.05) is 74.0 Å². The van der Waals surface area contributed by atoms with Gasteiger partial charge >= 0.3 is 12.1 Å². The van der Waals surface area contributed by atoms with Crippen LogP contribution in [0.4, 0.5) is 19.0 Å². The van der Waals surface area contributed by atoms with Gasteiger partial charge in [-0.05, 0) is 51.4 Å². The van der Waals surface area contributed by atoms with Crippen molar-refractivity contribution in [1.82, 2.24) is 25.1 Å². The van der Waals surface area contributed by atoms with Gasteiger partial charge in [0.15, 0.2) is 5.65 Å². The van der Waals surface area contributed by atoms with Gasteiger partial charge in [-0.1, -0.05) is 42.0 Å². The van der Waals surface area contributed by atoms with Crippen LogP contribution in [-0.2, 0) is 16.8 Å². The summed E-state index contributed by atoms with van der Waals surface area (Å²) in [5.41, 5.74) is 16.4. The fourth-order valence-corrected chi connectivity index (χ4v) is 3.77. The van der Waals surface area contributed by atoms with Crippen molar-refractivity contribution >= 4 is 28.7 Å². The molecule has 0 unspecified atom stereocenters. The van der Waals surface area contributed by atoms with E-state index < -0.39 is 17.7 Å². The summed E-state index contributed by atoms with van der Waals surface area (Å²) >= 11 is 0. The Hall–Kier alpha value is -4.52. The minimum atomic E-state index is -5.08. The van der Waals surface area contributed by atoms with E-state index in [2.05, 4.69) is 15.3 Å². The fourth-order valence-electron chi connectivity index (χ4n) is 3.77. The molecule has 0 bridgehead atoms. The van der Waals surface area contributed by atoms with Gasteiger partial charge in [-0.25, -0.2) is 19.4 Å². The number of fused-ring (bicyclic) bond motifs is 1. The predicted octanol–water partition coefficient (Wildman–Crippen LogP) is 3.68. The number of rotatable bonds is 7. The van der Waals surface area contributed by atoms with Gasteiger partial charge in [-0.2, -0.15) is 18.3 Å². The standard InChI is InChI=1S/C25H29N7O.C2HF3O2/c1-16-4-8-18(9-5-16)21-20-22(27)29-15-30-23(20)32(31-21)25(2,3)14-28-24(33)19-10-6-17(7-11-19)12-13-26;3-2(4,5)1(6)7/h4-11,15H,12-14,26H2,1-3H3,(H,28,33)(H2,27,29,30);(H,6,7). The number of aryl methyl sites for hydroxylation is 1. The molecule has 6 N–H and O–H groups in total. The molecular formula is C27H30F3N7O3. The number of nitrogens with one attached hydrogen (secondary N) is 1. The summed E-state index contributed by atoms with van der Waals surface area (Å²) in [6, 6.07) is 15.6. The van der Waals surface area contributed by atoms with Crippen LogP contribution in [0.2, 0.25) is 0 Å². The van der Waals surface area contributed by atoms with E-state index in [0.717, 1.165) is 28.8 Å².